The van der Waals surface area contributed by atoms with E-state index in [2.05, 4.69) is 26.3 Å². The Morgan fingerprint density at radius 2 is 2.05 bits per heavy atom. The predicted octanol–water partition coefficient (Wildman–Crippen LogP) is 2.51. The number of para-hydroxylation sites is 1. The van der Waals surface area contributed by atoms with E-state index < -0.39 is 0 Å². The average Bonchev–Trinajstić information content (AvgIpc) is 2.53. The van der Waals surface area contributed by atoms with Gasteiger partial charge in [-0.05, 0) is 12.1 Å². The van der Waals surface area contributed by atoms with Crippen molar-refractivity contribution in [3.8, 4) is 6.07 Å². The maximum absolute atomic E-state index is 9.22. The first-order chi connectivity index (χ1) is 9.88. The number of nitrogens with one attached hydrogen (secondary N) is 1. The summed E-state index contributed by atoms with van der Waals surface area (Å²) in [5.74, 6) is 0. The minimum absolute atomic E-state index is 0.526. The lowest BCUT2D eigenvalue weighted by molar-refractivity contribution is 1.01. The van der Waals surface area contributed by atoms with Crippen molar-refractivity contribution >= 4 is 16.6 Å². The standard InChI is InChI=1S/C15H11N5/c16-7-11-8-18-14-4-2-1-3-13(14)15(11)19-9-12-5-6-17-10-20-12/h1-6,8,10H,9H2,(H,18,19). The van der Waals surface area contributed by atoms with Gasteiger partial charge in [-0.2, -0.15) is 5.26 Å². The lowest BCUT2D eigenvalue weighted by Crippen LogP contribution is -2.04. The SMILES string of the molecule is N#Cc1cnc2ccccc2c1NCc1ccncn1. The first kappa shape index (κ1) is 12.1. The summed E-state index contributed by atoms with van der Waals surface area (Å²) >= 11 is 0. The first-order valence-corrected chi connectivity index (χ1v) is 6.15. The van der Waals surface area contributed by atoms with Crippen molar-refractivity contribution in [2.45, 2.75) is 6.54 Å². The van der Waals surface area contributed by atoms with E-state index in [1.807, 2.05) is 30.3 Å². The van der Waals surface area contributed by atoms with Crippen LogP contribution >= 0.6 is 0 Å². The molecule has 1 aromatic carbocycles. The third-order valence-electron chi connectivity index (χ3n) is 2.99. The maximum atomic E-state index is 9.22. The normalized spacial score (nSPS) is 10.2. The molecule has 0 radical (unpaired) electrons. The molecule has 3 aromatic rings. The van der Waals surface area contributed by atoms with Gasteiger partial charge in [0.25, 0.3) is 0 Å². The van der Waals surface area contributed by atoms with Crippen LogP contribution in [0.4, 0.5) is 5.69 Å². The summed E-state index contributed by atoms with van der Waals surface area (Å²) in [4.78, 5) is 12.3. The molecule has 1 N–H and O–H groups in total. The lowest BCUT2D eigenvalue weighted by atomic mass is 10.1. The summed E-state index contributed by atoms with van der Waals surface area (Å²) in [5.41, 5.74) is 3.04. The van der Waals surface area contributed by atoms with Crippen molar-refractivity contribution < 1.29 is 0 Å². The molecule has 0 bridgehead atoms. The zero-order valence-corrected chi connectivity index (χ0v) is 10.6. The topological polar surface area (TPSA) is 74.5 Å². The number of nitriles is 1. The number of fused-ring (bicyclic) bond motifs is 1. The molecule has 0 saturated carbocycles. The fourth-order valence-electron chi connectivity index (χ4n) is 2.02. The van der Waals surface area contributed by atoms with Crippen LogP contribution in [0.5, 0.6) is 0 Å². The molecule has 5 heteroatoms. The van der Waals surface area contributed by atoms with Gasteiger partial charge in [0.1, 0.15) is 12.4 Å². The molecule has 0 saturated heterocycles. The highest BCUT2D eigenvalue weighted by Gasteiger charge is 2.08. The Morgan fingerprint density at radius 3 is 2.85 bits per heavy atom. The summed E-state index contributed by atoms with van der Waals surface area (Å²) in [6, 6.07) is 11.7. The number of rotatable bonds is 3. The van der Waals surface area contributed by atoms with E-state index in [0.717, 1.165) is 22.3 Å². The van der Waals surface area contributed by atoms with Crippen molar-refractivity contribution in [1.82, 2.24) is 15.0 Å². The van der Waals surface area contributed by atoms with Gasteiger partial charge in [-0.3, -0.25) is 4.98 Å². The Bertz CT molecular complexity index is 777. The van der Waals surface area contributed by atoms with Gasteiger partial charge in [0.15, 0.2) is 0 Å². The van der Waals surface area contributed by atoms with Crippen molar-refractivity contribution in [3.63, 3.8) is 0 Å². The minimum Gasteiger partial charge on any atom is -0.378 e. The van der Waals surface area contributed by atoms with Gasteiger partial charge in [0, 0.05) is 17.8 Å². The Kier molecular flexibility index (Phi) is 3.21. The summed E-state index contributed by atoms with van der Waals surface area (Å²) in [6.07, 6.45) is 4.79. The van der Waals surface area contributed by atoms with Gasteiger partial charge < -0.3 is 5.32 Å². The van der Waals surface area contributed by atoms with E-state index in [1.54, 1.807) is 12.4 Å². The summed E-state index contributed by atoms with van der Waals surface area (Å²) in [6.45, 7) is 0.533. The molecule has 2 heterocycles. The number of hydrogen-bond donors (Lipinski definition) is 1. The highest BCUT2D eigenvalue weighted by Crippen LogP contribution is 2.25. The van der Waals surface area contributed by atoms with Crippen LogP contribution in [0.3, 0.4) is 0 Å². The third-order valence-corrected chi connectivity index (χ3v) is 2.99. The zero-order chi connectivity index (χ0) is 13.8. The van der Waals surface area contributed by atoms with Crippen LogP contribution in [-0.2, 0) is 6.54 Å². The molecular formula is C15H11N5. The van der Waals surface area contributed by atoms with Crippen LogP contribution in [-0.4, -0.2) is 15.0 Å². The molecule has 0 unspecified atom stereocenters. The molecule has 20 heavy (non-hydrogen) atoms. The molecule has 0 aliphatic rings. The Morgan fingerprint density at radius 1 is 1.15 bits per heavy atom. The van der Waals surface area contributed by atoms with Crippen LogP contribution in [0.15, 0.2) is 49.1 Å². The van der Waals surface area contributed by atoms with Crippen molar-refractivity contribution in [2.75, 3.05) is 5.32 Å². The molecule has 0 amide bonds. The van der Waals surface area contributed by atoms with Gasteiger partial charge in [0.2, 0.25) is 0 Å². The van der Waals surface area contributed by atoms with Crippen molar-refractivity contribution in [2.24, 2.45) is 0 Å². The summed E-state index contributed by atoms with van der Waals surface area (Å²) in [7, 11) is 0. The Labute approximate surface area is 116 Å². The third kappa shape index (κ3) is 2.27. The molecule has 3 rings (SSSR count). The summed E-state index contributed by atoms with van der Waals surface area (Å²) in [5, 5.41) is 13.4. The number of pyridine rings is 1. The smallest absolute Gasteiger partial charge is 0.115 e. The monoisotopic (exact) mass is 261 g/mol. The van der Waals surface area contributed by atoms with Crippen LogP contribution in [0.2, 0.25) is 0 Å². The molecule has 0 aliphatic heterocycles. The van der Waals surface area contributed by atoms with Gasteiger partial charge in [-0.1, -0.05) is 18.2 Å². The van der Waals surface area contributed by atoms with Crippen LogP contribution < -0.4 is 5.32 Å². The van der Waals surface area contributed by atoms with E-state index >= 15 is 0 Å². The Hall–Kier alpha value is -3.00. The van der Waals surface area contributed by atoms with Crippen LogP contribution in [0.1, 0.15) is 11.3 Å². The second-order valence-electron chi connectivity index (χ2n) is 4.23. The number of benzene rings is 1. The van der Waals surface area contributed by atoms with E-state index in [0.29, 0.717) is 12.1 Å². The highest BCUT2D eigenvalue weighted by molar-refractivity contribution is 5.93. The number of hydrogen-bond acceptors (Lipinski definition) is 5. The van der Waals surface area contributed by atoms with Gasteiger partial charge >= 0.3 is 0 Å². The maximum Gasteiger partial charge on any atom is 0.115 e. The molecular weight excluding hydrogens is 250 g/mol. The van der Waals surface area contributed by atoms with Crippen LogP contribution in [0.25, 0.3) is 10.9 Å². The zero-order valence-electron chi connectivity index (χ0n) is 10.6. The molecule has 2 aromatic heterocycles. The fraction of sp³-hybridized carbons (Fsp3) is 0.0667. The first-order valence-electron chi connectivity index (χ1n) is 6.15. The fourth-order valence-corrected chi connectivity index (χ4v) is 2.02. The average molecular weight is 261 g/mol. The van der Waals surface area contributed by atoms with Crippen molar-refractivity contribution in [3.05, 3.63) is 60.3 Å². The van der Waals surface area contributed by atoms with Gasteiger partial charge in [-0.15, -0.1) is 0 Å². The van der Waals surface area contributed by atoms with Gasteiger partial charge in [-0.25, -0.2) is 9.97 Å². The van der Waals surface area contributed by atoms with Crippen molar-refractivity contribution in [1.29, 1.82) is 5.26 Å². The highest BCUT2D eigenvalue weighted by atomic mass is 14.9. The minimum atomic E-state index is 0.526. The van der Waals surface area contributed by atoms with E-state index in [1.165, 1.54) is 6.33 Å². The quantitative estimate of drug-likeness (QED) is 0.784. The number of aromatic nitrogens is 3. The number of anilines is 1. The summed E-state index contributed by atoms with van der Waals surface area (Å²) < 4.78 is 0. The second-order valence-corrected chi connectivity index (χ2v) is 4.23. The van der Waals surface area contributed by atoms with Crippen LogP contribution in [0, 0.1) is 11.3 Å². The largest absolute Gasteiger partial charge is 0.378 e. The molecule has 96 valence electrons. The second kappa shape index (κ2) is 5.33. The van der Waals surface area contributed by atoms with E-state index in [-0.39, 0.29) is 0 Å². The van der Waals surface area contributed by atoms with E-state index in [9.17, 15) is 5.26 Å². The predicted molar refractivity (Wildman–Crippen MR) is 75.8 cm³/mol. The lowest BCUT2D eigenvalue weighted by Gasteiger charge is -2.10. The van der Waals surface area contributed by atoms with E-state index in [4.69, 9.17) is 0 Å². The Balaban J connectivity index is 1.99. The molecule has 0 aliphatic carbocycles. The molecule has 0 fully saturated rings. The molecule has 0 spiro atoms. The molecule has 0 atom stereocenters. The number of nitrogens with zero attached hydrogens (tertiary/aromatic N) is 4. The molecule has 5 nitrogen and oxygen atoms in total. The van der Waals surface area contributed by atoms with Gasteiger partial charge in [0.05, 0.1) is 29.0 Å².